The van der Waals surface area contributed by atoms with Crippen molar-refractivity contribution in [2.45, 2.75) is 64.6 Å². The normalized spacial score (nSPS) is 16.3. The first-order valence-electron chi connectivity index (χ1n) is 6.99. The molecule has 0 aromatic heterocycles. The van der Waals surface area contributed by atoms with Gasteiger partial charge in [-0.25, -0.2) is 0 Å². The number of hydrogen-bond donors (Lipinski definition) is 2. The van der Waals surface area contributed by atoms with Crippen molar-refractivity contribution < 1.29 is 10.2 Å². The summed E-state index contributed by atoms with van der Waals surface area (Å²) in [4.78, 5) is 0. The van der Waals surface area contributed by atoms with Gasteiger partial charge in [-0.05, 0) is 43.2 Å². The van der Waals surface area contributed by atoms with Gasteiger partial charge in [0, 0.05) is 0 Å². The van der Waals surface area contributed by atoms with Crippen LogP contribution in [0.25, 0.3) is 0 Å². The Morgan fingerprint density at radius 3 is 2.17 bits per heavy atom. The zero-order valence-electron chi connectivity index (χ0n) is 11.8. The molecule has 3 unspecified atom stereocenters. The molecule has 0 saturated carbocycles. The number of unbranched alkanes of at least 4 members (excludes halogenated alkanes) is 1. The molecule has 0 fully saturated rings. The summed E-state index contributed by atoms with van der Waals surface area (Å²) in [5.74, 6) is 0.273. The van der Waals surface area contributed by atoms with Crippen molar-refractivity contribution >= 4 is 0 Å². The molecule has 0 aliphatic carbocycles. The van der Waals surface area contributed by atoms with Gasteiger partial charge in [-0.1, -0.05) is 44.5 Å². The molecule has 0 saturated heterocycles. The van der Waals surface area contributed by atoms with Crippen LogP contribution in [0.1, 0.15) is 57.1 Å². The van der Waals surface area contributed by atoms with Crippen LogP contribution in [0, 0.1) is 0 Å². The highest BCUT2D eigenvalue weighted by Gasteiger charge is 2.16. The second-order valence-corrected chi connectivity index (χ2v) is 5.29. The molecule has 2 nitrogen and oxygen atoms in total. The fourth-order valence-corrected chi connectivity index (χ4v) is 2.09. The van der Waals surface area contributed by atoms with E-state index < -0.39 is 12.2 Å². The SMILES string of the molecule is CCCCc1ccc(C(C)CC(O)C(C)O)cc1. The Balaban J connectivity index is 2.55. The second-order valence-electron chi connectivity index (χ2n) is 5.29. The number of aliphatic hydroxyl groups excluding tert-OH is 2. The number of hydrogen-bond acceptors (Lipinski definition) is 2. The van der Waals surface area contributed by atoms with Crippen LogP contribution >= 0.6 is 0 Å². The first-order valence-corrected chi connectivity index (χ1v) is 6.99. The van der Waals surface area contributed by atoms with E-state index >= 15 is 0 Å². The molecule has 1 aromatic rings. The molecule has 1 aromatic carbocycles. The predicted octanol–water partition coefficient (Wildman–Crippen LogP) is 3.26. The monoisotopic (exact) mass is 250 g/mol. The van der Waals surface area contributed by atoms with Crippen molar-refractivity contribution in [1.82, 2.24) is 0 Å². The summed E-state index contributed by atoms with van der Waals surface area (Å²) >= 11 is 0. The third-order valence-electron chi connectivity index (χ3n) is 3.52. The summed E-state index contributed by atoms with van der Waals surface area (Å²) in [6.45, 7) is 5.92. The fraction of sp³-hybridized carbons (Fsp3) is 0.625. The molecular weight excluding hydrogens is 224 g/mol. The Morgan fingerprint density at radius 2 is 1.67 bits per heavy atom. The van der Waals surface area contributed by atoms with E-state index in [2.05, 4.69) is 38.1 Å². The van der Waals surface area contributed by atoms with Crippen LogP contribution in [0.2, 0.25) is 0 Å². The van der Waals surface area contributed by atoms with Crippen LogP contribution in [0.15, 0.2) is 24.3 Å². The molecule has 0 aliphatic heterocycles. The smallest absolute Gasteiger partial charge is 0.0802 e. The van der Waals surface area contributed by atoms with E-state index in [1.807, 2.05) is 0 Å². The lowest BCUT2D eigenvalue weighted by molar-refractivity contribution is 0.0227. The molecule has 102 valence electrons. The minimum Gasteiger partial charge on any atom is -0.391 e. The average Bonchev–Trinajstić information content (AvgIpc) is 2.36. The van der Waals surface area contributed by atoms with Crippen molar-refractivity contribution in [1.29, 1.82) is 0 Å². The van der Waals surface area contributed by atoms with Gasteiger partial charge in [0.2, 0.25) is 0 Å². The van der Waals surface area contributed by atoms with Gasteiger partial charge >= 0.3 is 0 Å². The Hall–Kier alpha value is -0.860. The first kappa shape index (κ1) is 15.2. The number of aryl methyl sites for hydroxylation is 1. The van der Waals surface area contributed by atoms with Gasteiger partial charge in [-0.3, -0.25) is 0 Å². The molecule has 0 bridgehead atoms. The van der Waals surface area contributed by atoms with Crippen molar-refractivity contribution in [2.24, 2.45) is 0 Å². The molecule has 0 heterocycles. The molecular formula is C16H26O2. The summed E-state index contributed by atoms with van der Waals surface area (Å²) in [5, 5.41) is 19.0. The predicted molar refractivity (Wildman–Crippen MR) is 75.8 cm³/mol. The molecule has 1 rings (SSSR count). The maximum Gasteiger partial charge on any atom is 0.0802 e. The van der Waals surface area contributed by atoms with Crippen molar-refractivity contribution in [3.8, 4) is 0 Å². The summed E-state index contributed by atoms with van der Waals surface area (Å²) < 4.78 is 0. The minimum atomic E-state index is -0.656. The average molecular weight is 250 g/mol. The van der Waals surface area contributed by atoms with Crippen molar-refractivity contribution in [3.05, 3.63) is 35.4 Å². The fourth-order valence-electron chi connectivity index (χ4n) is 2.09. The zero-order valence-corrected chi connectivity index (χ0v) is 11.8. The highest BCUT2D eigenvalue weighted by atomic mass is 16.3. The third-order valence-corrected chi connectivity index (χ3v) is 3.52. The molecule has 0 aliphatic rings. The van der Waals surface area contributed by atoms with Gasteiger partial charge in [-0.15, -0.1) is 0 Å². The second kappa shape index (κ2) is 7.55. The van der Waals surface area contributed by atoms with E-state index in [-0.39, 0.29) is 5.92 Å². The van der Waals surface area contributed by atoms with Crippen LogP contribution in [0.4, 0.5) is 0 Å². The summed E-state index contributed by atoms with van der Waals surface area (Å²) in [6, 6.07) is 8.64. The molecule has 2 N–H and O–H groups in total. The van der Waals surface area contributed by atoms with Crippen LogP contribution in [-0.4, -0.2) is 22.4 Å². The standard InChI is InChI=1S/C16H26O2/c1-4-5-6-14-7-9-15(10-8-14)12(2)11-16(18)13(3)17/h7-10,12-13,16-18H,4-6,11H2,1-3H3. The van der Waals surface area contributed by atoms with Gasteiger partial charge < -0.3 is 10.2 Å². The van der Waals surface area contributed by atoms with Gasteiger partial charge in [0.25, 0.3) is 0 Å². The Labute approximate surface area is 111 Å². The largest absolute Gasteiger partial charge is 0.391 e. The summed E-state index contributed by atoms with van der Waals surface area (Å²) in [5.41, 5.74) is 2.61. The Kier molecular flexibility index (Phi) is 6.37. The molecule has 0 radical (unpaired) electrons. The minimum absolute atomic E-state index is 0.273. The van der Waals surface area contributed by atoms with E-state index in [1.165, 1.54) is 24.0 Å². The van der Waals surface area contributed by atoms with E-state index in [0.29, 0.717) is 6.42 Å². The number of rotatable bonds is 7. The zero-order chi connectivity index (χ0) is 13.5. The quantitative estimate of drug-likeness (QED) is 0.779. The summed E-state index contributed by atoms with van der Waals surface area (Å²) in [7, 11) is 0. The Morgan fingerprint density at radius 1 is 1.06 bits per heavy atom. The van der Waals surface area contributed by atoms with Crippen LogP contribution in [-0.2, 0) is 6.42 Å². The topological polar surface area (TPSA) is 40.5 Å². The number of aliphatic hydroxyl groups is 2. The molecule has 0 amide bonds. The molecule has 2 heteroatoms. The maximum absolute atomic E-state index is 9.68. The maximum atomic E-state index is 9.68. The van der Waals surface area contributed by atoms with Gasteiger partial charge in [0.1, 0.15) is 0 Å². The highest BCUT2D eigenvalue weighted by molar-refractivity contribution is 5.25. The molecule has 0 spiro atoms. The highest BCUT2D eigenvalue weighted by Crippen LogP contribution is 2.22. The number of benzene rings is 1. The van der Waals surface area contributed by atoms with Crippen molar-refractivity contribution in [3.63, 3.8) is 0 Å². The van der Waals surface area contributed by atoms with E-state index in [1.54, 1.807) is 6.92 Å². The summed E-state index contributed by atoms with van der Waals surface area (Å²) in [6.07, 6.45) is 2.90. The lowest BCUT2D eigenvalue weighted by Gasteiger charge is -2.19. The Bertz CT molecular complexity index is 329. The lowest BCUT2D eigenvalue weighted by Crippen LogP contribution is -2.24. The molecule has 18 heavy (non-hydrogen) atoms. The van der Waals surface area contributed by atoms with Gasteiger partial charge in [0.05, 0.1) is 12.2 Å². The van der Waals surface area contributed by atoms with E-state index in [9.17, 15) is 10.2 Å². The third kappa shape index (κ3) is 4.79. The van der Waals surface area contributed by atoms with Crippen LogP contribution < -0.4 is 0 Å². The van der Waals surface area contributed by atoms with E-state index in [4.69, 9.17) is 0 Å². The van der Waals surface area contributed by atoms with Gasteiger partial charge in [-0.2, -0.15) is 0 Å². The van der Waals surface area contributed by atoms with Gasteiger partial charge in [0.15, 0.2) is 0 Å². The van der Waals surface area contributed by atoms with Crippen LogP contribution in [0.3, 0.4) is 0 Å². The molecule has 3 atom stereocenters. The van der Waals surface area contributed by atoms with Crippen molar-refractivity contribution in [2.75, 3.05) is 0 Å². The van der Waals surface area contributed by atoms with Crippen LogP contribution in [0.5, 0.6) is 0 Å². The van der Waals surface area contributed by atoms with E-state index in [0.717, 1.165) is 6.42 Å². The first-order chi connectivity index (χ1) is 8.54. The lowest BCUT2D eigenvalue weighted by atomic mass is 9.92.